The normalized spacial score (nSPS) is 23.3. The minimum atomic E-state index is -0.281. The number of hydrogen-bond donors (Lipinski definition) is 2. The van der Waals surface area contributed by atoms with Gasteiger partial charge in [0.25, 0.3) is 5.56 Å². The van der Waals surface area contributed by atoms with E-state index in [9.17, 15) is 14.4 Å². The van der Waals surface area contributed by atoms with E-state index in [1.54, 1.807) is 12.3 Å². The standard InChI is InChI=1S/C29H31N5O3/c1-18(35)32-22-8-9-25-20(14-22)15-24(29(37)31-12-10-21-5-2-3-11-30-21)28-23-13-19(17-34(25)28)16-33-26(23)6-4-7-27(33)36/h2-9,11,14,19,23-24,28H,10,12-13,15-17H2,1H3,(H,31,37)(H,32,35)/t19-,23+,24+,28+/m0/s1. The lowest BCUT2D eigenvalue weighted by Gasteiger charge is -2.54. The van der Waals surface area contributed by atoms with Gasteiger partial charge in [0.2, 0.25) is 11.8 Å². The van der Waals surface area contributed by atoms with Crippen LogP contribution in [0.2, 0.25) is 0 Å². The number of carbonyl (C=O) groups is 2. The van der Waals surface area contributed by atoms with Crippen LogP contribution in [-0.2, 0) is 29.0 Å². The summed E-state index contributed by atoms with van der Waals surface area (Å²) >= 11 is 0. The molecule has 3 aromatic rings. The minimum Gasteiger partial charge on any atom is -0.366 e. The van der Waals surface area contributed by atoms with Crippen LogP contribution in [0, 0.1) is 11.8 Å². The summed E-state index contributed by atoms with van der Waals surface area (Å²) in [5.74, 6) is 0.0535. The van der Waals surface area contributed by atoms with Crippen LogP contribution >= 0.6 is 0 Å². The van der Waals surface area contributed by atoms with Crippen molar-refractivity contribution in [1.29, 1.82) is 0 Å². The molecule has 3 aliphatic rings. The number of nitrogens with one attached hydrogen (secondary N) is 2. The van der Waals surface area contributed by atoms with Crippen LogP contribution in [0.5, 0.6) is 0 Å². The van der Waals surface area contributed by atoms with E-state index in [1.807, 2.05) is 41.0 Å². The molecular formula is C29H31N5O3. The molecule has 1 saturated heterocycles. The minimum absolute atomic E-state index is 0.0235. The summed E-state index contributed by atoms with van der Waals surface area (Å²) in [6.45, 7) is 3.51. The SMILES string of the molecule is CC(=O)Nc1ccc2c(c1)C[C@@H](C(=O)NCCc1ccccn1)[C@H]1[C@@H]3C[C@H](CN21)Cn1c3cccc1=O. The maximum absolute atomic E-state index is 13.8. The van der Waals surface area contributed by atoms with E-state index in [-0.39, 0.29) is 35.3 Å². The lowest BCUT2D eigenvalue weighted by Crippen LogP contribution is -2.60. The molecule has 37 heavy (non-hydrogen) atoms. The number of piperidine rings is 1. The van der Waals surface area contributed by atoms with Crippen LogP contribution in [0.15, 0.2) is 65.6 Å². The number of rotatable bonds is 5. The molecule has 0 spiro atoms. The Bertz CT molecular complexity index is 1400. The molecule has 190 valence electrons. The molecule has 3 aliphatic heterocycles. The maximum atomic E-state index is 13.8. The molecule has 0 unspecified atom stereocenters. The summed E-state index contributed by atoms with van der Waals surface area (Å²) in [5, 5.41) is 6.06. The molecule has 0 radical (unpaired) electrons. The molecule has 6 rings (SSSR count). The molecule has 4 atom stereocenters. The number of carbonyl (C=O) groups excluding carboxylic acids is 2. The molecule has 0 saturated carbocycles. The van der Waals surface area contributed by atoms with Gasteiger partial charge in [-0.3, -0.25) is 19.4 Å². The van der Waals surface area contributed by atoms with Gasteiger partial charge in [-0.2, -0.15) is 0 Å². The van der Waals surface area contributed by atoms with Crippen molar-refractivity contribution in [3.05, 3.63) is 88.1 Å². The zero-order valence-corrected chi connectivity index (χ0v) is 20.9. The maximum Gasteiger partial charge on any atom is 0.250 e. The Hall–Kier alpha value is -3.94. The van der Waals surface area contributed by atoms with Crippen LogP contribution in [0.1, 0.15) is 36.2 Å². The first-order valence-electron chi connectivity index (χ1n) is 13.0. The van der Waals surface area contributed by atoms with E-state index in [0.717, 1.165) is 41.3 Å². The Balaban J connectivity index is 1.34. The second kappa shape index (κ2) is 9.50. The van der Waals surface area contributed by atoms with Crippen LogP contribution in [0.25, 0.3) is 0 Å². The summed E-state index contributed by atoms with van der Waals surface area (Å²) in [4.78, 5) is 44.9. The molecule has 2 amide bonds. The number of nitrogens with zero attached hydrogens (tertiary/aromatic N) is 3. The first-order chi connectivity index (χ1) is 18.0. The fourth-order valence-corrected chi connectivity index (χ4v) is 6.59. The highest BCUT2D eigenvalue weighted by Gasteiger charge is 2.49. The van der Waals surface area contributed by atoms with Gasteiger partial charge < -0.3 is 20.1 Å². The van der Waals surface area contributed by atoms with Gasteiger partial charge in [0, 0.05) is 80.0 Å². The van der Waals surface area contributed by atoms with Gasteiger partial charge in [-0.05, 0) is 60.7 Å². The quantitative estimate of drug-likeness (QED) is 0.565. The zero-order valence-electron chi connectivity index (χ0n) is 20.9. The third-order valence-electron chi connectivity index (χ3n) is 8.02. The molecule has 8 heteroatoms. The number of fused-ring (bicyclic) bond motifs is 8. The van der Waals surface area contributed by atoms with Gasteiger partial charge in [0.1, 0.15) is 0 Å². The van der Waals surface area contributed by atoms with Gasteiger partial charge in [0.15, 0.2) is 0 Å². The molecule has 2 N–H and O–H groups in total. The fourth-order valence-electron chi connectivity index (χ4n) is 6.59. The Labute approximate surface area is 215 Å². The molecule has 0 aliphatic carbocycles. The van der Waals surface area contributed by atoms with Crippen molar-refractivity contribution in [2.24, 2.45) is 11.8 Å². The van der Waals surface area contributed by atoms with Gasteiger partial charge in [-0.25, -0.2) is 0 Å². The highest BCUT2D eigenvalue weighted by molar-refractivity contribution is 5.89. The molecule has 5 heterocycles. The number of benzene rings is 1. The predicted molar refractivity (Wildman–Crippen MR) is 142 cm³/mol. The zero-order chi connectivity index (χ0) is 25.5. The molecule has 8 nitrogen and oxygen atoms in total. The largest absolute Gasteiger partial charge is 0.366 e. The molecule has 2 bridgehead atoms. The summed E-state index contributed by atoms with van der Waals surface area (Å²) < 4.78 is 1.92. The van der Waals surface area contributed by atoms with Gasteiger partial charge in [0.05, 0.1) is 5.92 Å². The molecule has 1 aromatic carbocycles. The highest BCUT2D eigenvalue weighted by atomic mass is 16.2. The van der Waals surface area contributed by atoms with E-state index in [1.165, 1.54) is 6.92 Å². The second-order valence-corrected chi connectivity index (χ2v) is 10.4. The van der Waals surface area contributed by atoms with E-state index in [4.69, 9.17) is 0 Å². The average molecular weight is 498 g/mol. The first kappa shape index (κ1) is 23.5. The van der Waals surface area contributed by atoms with Gasteiger partial charge in [-0.15, -0.1) is 0 Å². The van der Waals surface area contributed by atoms with Gasteiger partial charge >= 0.3 is 0 Å². The van der Waals surface area contributed by atoms with Crippen molar-refractivity contribution >= 4 is 23.2 Å². The van der Waals surface area contributed by atoms with E-state index < -0.39 is 0 Å². The smallest absolute Gasteiger partial charge is 0.250 e. The Kier molecular flexibility index (Phi) is 6.02. The van der Waals surface area contributed by atoms with Crippen molar-refractivity contribution in [2.75, 3.05) is 23.3 Å². The van der Waals surface area contributed by atoms with Crippen molar-refractivity contribution in [1.82, 2.24) is 14.9 Å². The second-order valence-electron chi connectivity index (χ2n) is 10.4. The summed E-state index contributed by atoms with van der Waals surface area (Å²) in [6, 6.07) is 17.3. The van der Waals surface area contributed by atoms with Crippen molar-refractivity contribution in [3.63, 3.8) is 0 Å². The van der Waals surface area contributed by atoms with Crippen LogP contribution in [0.4, 0.5) is 11.4 Å². The molecule has 1 fully saturated rings. The third kappa shape index (κ3) is 4.41. The summed E-state index contributed by atoms with van der Waals surface area (Å²) in [7, 11) is 0. The average Bonchev–Trinajstić information content (AvgIpc) is 2.89. The number of pyridine rings is 2. The first-order valence-corrected chi connectivity index (χ1v) is 13.0. The summed E-state index contributed by atoms with van der Waals surface area (Å²) in [5.41, 5.74) is 4.94. The third-order valence-corrected chi connectivity index (χ3v) is 8.02. The molecular weight excluding hydrogens is 466 g/mol. The van der Waals surface area contributed by atoms with Crippen molar-refractivity contribution in [3.8, 4) is 0 Å². The Morgan fingerprint density at radius 2 is 1.97 bits per heavy atom. The predicted octanol–water partition coefficient (Wildman–Crippen LogP) is 2.73. The monoisotopic (exact) mass is 497 g/mol. The topological polar surface area (TPSA) is 96.3 Å². The lowest BCUT2D eigenvalue weighted by atomic mass is 9.69. The van der Waals surface area contributed by atoms with Crippen molar-refractivity contribution in [2.45, 2.75) is 44.7 Å². The number of amides is 2. The van der Waals surface area contributed by atoms with E-state index >= 15 is 0 Å². The summed E-state index contributed by atoms with van der Waals surface area (Å²) in [6.07, 6.45) is 3.99. The van der Waals surface area contributed by atoms with Crippen molar-refractivity contribution < 1.29 is 9.59 Å². The van der Waals surface area contributed by atoms with E-state index in [2.05, 4.69) is 32.7 Å². The van der Waals surface area contributed by atoms with Crippen LogP contribution in [-0.4, -0.2) is 40.5 Å². The highest BCUT2D eigenvalue weighted by Crippen LogP contribution is 2.48. The van der Waals surface area contributed by atoms with E-state index in [0.29, 0.717) is 31.8 Å². The number of anilines is 2. The Morgan fingerprint density at radius 1 is 1.08 bits per heavy atom. The number of aromatic nitrogens is 2. The number of hydrogen-bond acceptors (Lipinski definition) is 5. The lowest BCUT2D eigenvalue weighted by molar-refractivity contribution is -0.126. The fraction of sp³-hybridized carbons (Fsp3) is 0.379. The van der Waals surface area contributed by atoms with Crippen LogP contribution in [0.3, 0.4) is 0 Å². The van der Waals surface area contributed by atoms with Gasteiger partial charge in [-0.1, -0.05) is 12.1 Å². The Morgan fingerprint density at radius 3 is 2.78 bits per heavy atom. The van der Waals surface area contributed by atoms with Crippen LogP contribution < -0.4 is 21.1 Å². The molecule has 2 aromatic heterocycles.